The Morgan fingerprint density at radius 2 is 1.59 bits per heavy atom. The second-order valence-electron chi connectivity index (χ2n) is 4.27. The molecule has 81 valence electrons. The average molecular weight is 217 g/mol. The van der Waals surface area contributed by atoms with Crippen LogP contribution >= 0.6 is 0 Å². The summed E-state index contributed by atoms with van der Waals surface area (Å²) in [6.45, 7) is 2.17. The van der Waals surface area contributed by atoms with Crippen molar-refractivity contribution in [1.29, 1.82) is 0 Å². The van der Waals surface area contributed by atoms with E-state index in [4.69, 9.17) is 0 Å². The number of benzene rings is 3. The molecule has 3 rings (SSSR count). The van der Waals surface area contributed by atoms with Crippen LogP contribution in [-0.2, 0) is 0 Å². The standard InChI is InChI=1S/C17H13/c1-13-11-12-14-7-5-6-10-16(14)17(13)15-8-3-2-4-9-15/h3-12H,1H3. The molecule has 0 saturated heterocycles. The van der Waals surface area contributed by atoms with Gasteiger partial charge in [0, 0.05) is 0 Å². The summed E-state index contributed by atoms with van der Waals surface area (Å²) in [6.07, 6.45) is 0. The van der Waals surface area contributed by atoms with E-state index in [-0.39, 0.29) is 0 Å². The summed E-state index contributed by atoms with van der Waals surface area (Å²) in [6, 6.07) is 24.1. The van der Waals surface area contributed by atoms with Crippen LogP contribution in [0.25, 0.3) is 21.9 Å². The Labute approximate surface area is 102 Å². The first kappa shape index (κ1) is 10.1. The van der Waals surface area contributed by atoms with Crippen molar-refractivity contribution in [3.63, 3.8) is 0 Å². The van der Waals surface area contributed by atoms with E-state index >= 15 is 0 Å². The van der Waals surface area contributed by atoms with Gasteiger partial charge < -0.3 is 0 Å². The lowest BCUT2D eigenvalue weighted by Gasteiger charge is -2.10. The molecular formula is C17H13. The largest absolute Gasteiger partial charge is 0.0616 e. The fourth-order valence-electron chi connectivity index (χ4n) is 2.32. The third-order valence-electron chi connectivity index (χ3n) is 3.14. The van der Waals surface area contributed by atoms with E-state index in [1.165, 1.54) is 27.5 Å². The topological polar surface area (TPSA) is 0 Å². The van der Waals surface area contributed by atoms with E-state index in [0.29, 0.717) is 0 Å². The Balaban J connectivity index is 2.39. The Morgan fingerprint density at radius 1 is 0.824 bits per heavy atom. The lowest BCUT2D eigenvalue weighted by atomic mass is 9.94. The van der Waals surface area contributed by atoms with Crippen molar-refractivity contribution < 1.29 is 0 Å². The average Bonchev–Trinajstić information content (AvgIpc) is 2.39. The molecule has 0 nitrogen and oxygen atoms in total. The molecule has 0 atom stereocenters. The van der Waals surface area contributed by atoms with Gasteiger partial charge in [-0.3, -0.25) is 0 Å². The Kier molecular flexibility index (Phi) is 2.41. The Bertz CT molecular complexity index is 651. The van der Waals surface area contributed by atoms with Gasteiger partial charge in [0.1, 0.15) is 0 Å². The first-order valence-corrected chi connectivity index (χ1v) is 5.81. The van der Waals surface area contributed by atoms with Gasteiger partial charge in [-0.05, 0) is 40.5 Å². The van der Waals surface area contributed by atoms with E-state index in [9.17, 15) is 0 Å². The van der Waals surface area contributed by atoms with Crippen LogP contribution in [0.3, 0.4) is 0 Å². The molecule has 0 heterocycles. The minimum Gasteiger partial charge on any atom is -0.0616 e. The molecule has 0 N–H and O–H groups in total. The predicted molar refractivity (Wildman–Crippen MR) is 73.0 cm³/mol. The minimum absolute atomic E-state index is 1.26. The molecule has 0 bridgehead atoms. The first-order valence-electron chi connectivity index (χ1n) is 5.81. The second kappa shape index (κ2) is 4.06. The molecular weight excluding hydrogens is 204 g/mol. The molecule has 0 spiro atoms. The Morgan fingerprint density at radius 3 is 2.41 bits per heavy atom. The molecule has 0 heteroatoms. The molecule has 0 aliphatic rings. The van der Waals surface area contributed by atoms with Crippen LogP contribution < -0.4 is 0 Å². The summed E-state index contributed by atoms with van der Waals surface area (Å²) >= 11 is 0. The lowest BCUT2D eigenvalue weighted by molar-refractivity contribution is 1.49. The maximum atomic E-state index is 3.07. The molecule has 17 heavy (non-hydrogen) atoms. The number of fused-ring (bicyclic) bond motifs is 1. The van der Waals surface area contributed by atoms with Gasteiger partial charge in [-0.1, -0.05) is 60.7 Å². The van der Waals surface area contributed by atoms with Gasteiger partial charge in [0.15, 0.2) is 0 Å². The van der Waals surface area contributed by atoms with Gasteiger partial charge in [0.05, 0.1) is 0 Å². The maximum Gasteiger partial charge on any atom is -0.00761 e. The van der Waals surface area contributed by atoms with Gasteiger partial charge in [-0.15, -0.1) is 0 Å². The van der Waals surface area contributed by atoms with E-state index in [0.717, 1.165) is 0 Å². The van der Waals surface area contributed by atoms with Crippen LogP contribution in [0, 0.1) is 13.0 Å². The molecule has 3 aromatic carbocycles. The van der Waals surface area contributed by atoms with Crippen molar-refractivity contribution >= 4 is 10.8 Å². The molecule has 3 aromatic rings. The van der Waals surface area contributed by atoms with E-state index in [1.54, 1.807) is 0 Å². The van der Waals surface area contributed by atoms with Crippen LogP contribution in [0.4, 0.5) is 0 Å². The van der Waals surface area contributed by atoms with E-state index in [2.05, 4.69) is 61.5 Å². The molecule has 1 radical (unpaired) electrons. The molecule has 0 aliphatic carbocycles. The highest BCUT2D eigenvalue weighted by atomic mass is 14.1. The summed E-state index contributed by atoms with van der Waals surface area (Å²) in [7, 11) is 0. The van der Waals surface area contributed by atoms with Crippen LogP contribution in [0.15, 0.2) is 60.7 Å². The zero-order valence-electron chi connectivity index (χ0n) is 9.77. The smallest absolute Gasteiger partial charge is 0.00761 e. The van der Waals surface area contributed by atoms with Crippen molar-refractivity contribution in [3.8, 4) is 11.1 Å². The first-order chi connectivity index (χ1) is 8.36. The Hall–Kier alpha value is -2.08. The highest BCUT2D eigenvalue weighted by Gasteiger charge is 2.05. The quantitative estimate of drug-likeness (QED) is 0.558. The normalized spacial score (nSPS) is 10.6. The summed E-state index contributed by atoms with van der Waals surface area (Å²) < 4.78 is 0. The zero-order chi connectivity index (χ0) is 11.7. The molecule has 0 aromatic heterocycles. The zero-order valence-corrected chi connectivity index (χ0v) is 9.77. The summed E-state index contributed by atoms with van der Waals surface area (Å²) in [5, 5.41) is 2.61. The predicted octanol–water partition coefficient (Wildman–Crippen LogP) is 4.62. The number of hydrogen-bond acceptors (Lipinski definition) is 0. The summed E-state index contributed by atoms with van der Waals surface area (Å²) in [4.78, 5) is 0. The van der Waals surface area contributed by atoms with Gasteiger partial charge >= 0.3 is 0 Å². The number of hydrogen-bond donors (Lipinski definition) is 0. The SMILES string of the molecule is Cc1ccc2ccccc2c1-c1cc[c]cc1. The third-order valence-corrected chi connectivity index (χ3v) is 3.14. The highest BCUT2D eigenvalue weighted by Crippen LogP contribution is 2.31. The number of aryl methyl sites for hydroxylation is 1. The fraction of sp³-hybridized carbons (Fsp3) is 0.0588. The van der Waals surface area contributed by atoms with Crippen LogP contribution in [0.1, 0.15) is 5.56 Å². The third kappa shape index (κ3) is 1.72. The van der Waals surface area contributed by atoms with Crippen LogP contribution in [-0.4, -0.2) is 0 Å². The van der Waals surface area contributed by atoms with E-state index in [1.807, 2.05) is 12.1 Å². The second-order valence-corrected chi connectivity index (χ2v) is 4.27. The van der Waals surface area contributed by atoms with Crippen LogP contribution in [0.2, 0.25) is 0 Å². The van der Waals surface area contributed by atoms with Crippen molar-refractivity contribution in [2.75, 3.05) is 0 Å². The monoisotopic (exact) mass is 217 g/mol. The van der Waals surface area contributed by atoms with Crippen LogP contribution in [0.5, 0.6) is 0 Å². The molecule has 0 amide bonds. The summed E-state index contributed by atoms with van der Waals surface area (Å²) in [5.41, 5.74) is 3.91. The van der Waals surface area contributed by atoms with Gasteiger partial charge in [-0.25, -0.2) is 0 Å². The highest BCUT2D eigenvalue weighted by molar-refractivity contribution is 5.98. The summed E-state index contributed by atoms with van der Waals surface area (Å²) in [5.74, 6) is 0. The van der Waals surface area contributed by atoms with Gasteiger partial charge in [-0.2, -0.15) is 0 Å². The molecule has 0 saturated carbocycles. The van der Waals surface area contributed by atoms with Crippen molar-refractivity contribution in [3.05, 3.63) is 72.3 Å². The van der Waals surface area contributed by atoms with Gasteiger partial charge in [0.2, 0.25) is 0 Å². The molecule has 0 unspecified atom stereocenters. The van der Waals surface area contributed by atoms with Crippen molar-refractivity contribution in [2.45, 2.75) is 6.92 Å². The maximum absolute atomic E-state index is 3.07. The molecule has 0 aliphatic heterocycles. The number of rotatable bonds is 1. The van der Waals surface area contributed by atoms with E-state index < -0.39 is 0 Å². The minimum atomic E-state index is 1.26. The van der Waals surface area contributed by atoms with Crippen molar-refractivity contribution in [2.24, 2.45) is 0 Å². The van der Waals surface area contributed by atoms with Gasteiger partial charge in [0.25, 0.3) is 0 Å². The van der Waals surface area contributed by atoms with Crippen molar-refractivity contribution in [1.82, 2.24) is 0 Å². The molecule has 0 fully saturated rings. The fourth-order valence-corrected chi connectivity index (χ4v) is 2.32. The lowest BCUT2D eigenvalue weighted by Crippen LogP contribution is -1.85.